The third kappa shape index (κ3) is 4.89. The van der Waals surface area contributed by atoms with Crippen molar-refractivity contribution in [1.82, 2.24) is 9.47 Å². The van der Waals surface area contributed by atoms with Gasteiger partial charge in [0.1, 0.15) is 6.04 Å². The van der Waals surface area contributed by atoms with Gasteiger partial charge in [0.2, 0.25) is 11.7 Å². The van der Waals surface area contributed by atoms with Crippen LogP contribution >= 0.6 is 0 Å². The highest BCUT2D eigenvalue weighted by Gasteiger charge is 2.35. The van der Waals surface area contributed by atoms with E-state index in [-0.39, 0.29) is 24.3 Å². The van der Waals surface area contributed by atoms with Crippen LogP contribution < -0.4 is 0 Å². The molecule has 2 heterocycles. The predicted molar refractivity (Wildman–Crippen MR) is 119 cm³/mol. The van der Waals surface area contributed by atoms with Crippen molar-refractivity contribution >= 4 is 17.7 Å². The molecule has 2 unspecified atom stereocenters. The number of Topliss-reactive ketones (excluding diaryl/α,β-unsaturated/α-hetero) is 1. The van der Waals surface area contributed by atoms with Crippen LogP contribution in [0.5, 0.6) is 0 Å². The molecule has 0 saturated carbocycles. The standard InChI is InChI=1S/C25H32N2O4/c1-5-10-24(29)26-14-9-13-22(26)25(30)31-16-23(28)21-15-17(2)27(19(21)4)18(3)20-11-7-6-8-12-20/h6-8,11-12,15,18,22H,5,9-10,13-14,16H2,1-4H3. The normalized spacial score (nSPS) is 16.9. The zero-order chi connectivity index (χ0) is 22.5. The first-order valence-electron chi connectivity index (χ1n) is 11.1. The Bertz CT molecular complexity index is 948. The first-order valence-corrected chi connectivity index (χ1v) is 11.1. The Balaban J connectivity index is 1.67. The van der Waals surface area contributed by atoms with Gasteiger partial charge in [-0.25, -0.2) is 4.79 Å². The van der Waals surface area contributed by atoms with Crippen LogP contribution in [-0.2, 0) is 14.3 Å². The van der Waals surface area contributed by atoms with E-state index in [1.165, 1.54) is 0 Å². The van der Waals surface area contributed by atoms with E-state index in [2.05, 4.69) is 23.6 Å². The van der Waals surface area contributed by atoms with Gasteiger partial charge in [0.25, 0.3) is 0 Å². The van der Waals surface area contributed by atoms with Crippen LogP contribution in [-0.4, -0.2) is 46.3 Å². The lowest BCUT2D eigenvalue weighted by Crippen LogP contribution is -2.41. The summed E-state index contributed by atoms with van der Waals surface area (Å²) in [4.78, 5) is 39.3. The molecule has 0 aliphatic carbocycles. The Hall–Kier alpha value is -2.89. The molecule has 1 saturated heterocycles. The maximum absolute atomic E-state index is 12.9. The number of hydrogen-bond donors (Lipinski definition) is 0. The average Bonchev–Trinajstić information content (AvgIpc) is 3.37. The molecule has 1 amide bonds. The second-order valence-electron chi connectivity index (χ2n) is 8.27. The number of aromatic nitrogens is 1. The molecular weight excluding hydrogens is 392 g/mol. The van der Waals surface area contributed by atoms with Gasteiger partial charge in [0, 0.05) is 29.9 Å². The maximum Gasteiger partial charge on any atom is 0.329 e. The van der Waals surface area contributed by atoms with Gasteiger partial charge in [0.05, 0.1) is 6.04 Å². The fraction of sp³-hybridized carbons (Fsp3) is 0.480. The zero-order valence-corrected chi connectivity index (χ0v) is 18.9. The molecule has 0 N–H and O–H groups in total. The van der Waals surface area contributed by atoms with E-state index in [1.54, 1.807) is 4.90 Å². The molecule has 1 aliphatic heterocycles. The van der Waals surface area contributed by atoms with Gasteiger partial charge in [0.15, 0.2) is 6.61 Å². The van der Waals surface area contributed by atoms with Gasteiger partial charge >= 0.3 is 5.97 Å². The Morgan fingerprint density at radius 2 is 1.87 bits per heavy atom. The topological polar surface area (TPSA) is 68.6 Å². The van der Waals surface area contributed by atoms with Crippen molar-refractivity contribution in [2.75, 3.05) is 13.2 Å². The van der Waals surface area contributed by atoms with Crippen LogP contribution in [0.4, 0.5) is 0 Å². The summed E-state index contributed by atoms with van der Waals surface area (Å²) < 4.78 is 7.49. The summed E-state index contributed by atoms with van der Waals surface area (Å²) in [6, 6.07) is 11.5. The van der Waals surface area contributed by atoms with Gasteiger partial charge in [-0.15, -0.1) is 0 Å². The molecule has 1 aromatic heterocycles. The molecule has 1 aliphatic rings. The monoisotopic (exact) mass is 424 g/mol. The van der Waals surface area contributed by atoms with Crippen molar-refractivity contribution < 1.29 is 19.1 Å². The second-order valence-corrected chi connectivity index (χ2v) is 8.27. The molecule has 31 heavy (non-hydrogen) atoms. The highest BCUT2D eigenvalue weighted by Crippen LogP contribution is 2.26. The highest BCUT2D eigenvalue weighted by atomic mass is 16.5. The van der Waals surface area contributed by atoms with Crippen molar-refractivity contribution in [1.29, 1.82) is 0 Å². The van der Waals surface area contributed by atoms with Crippen LogP contribution in [0.3, 0.4) is 0 Å². The minimum Gasteiger partial charge on any atom is -0.456 e. The van der Waals surface area contributed by atoms with E-state index in [4.69, 9.17) is 4.74 Å². The number of esters is 1. The number of likely N-dealkylation sites (tertiary alicyclic amines) is 1. The van der Waals surface area contributed by atoms with Crippen LogP contribution in [0.1, 0.15) is 72.9 Å². The molecule has 0 radical (unpaired) electrons. The lowest BCUT2D eigenvalue weighted by Gasteiger charge is -2.23. The number of carbonyl (C=O) groups excluding carboxylic acids is 3. The predicted octanol–water partition coefficient (Wildman–Crippen LogP) is 4.23. The summed E-state index contributed by atoms with van der Waals surface area (Å²) in [5, 5.41) is 0. The van der Waals surface area contributed by atoms with Crippen molar-refractivity contribution in [3.05, 3.63) is 58.9 Å². The Morgan fingerprint density at radius 1 is 1.16 bits per heavy atom. The first-order chi connectivity index (χ1) is 14.8. The molecule has 0 bridgehead atoms. The molecule has 6 heteroatoms. The van der Waals surface area contributed by atoms with Crippen LogP contribution in [0.25, 0.3) is 0 Å². The number of aryl methyl sites for hydroxylation is 1. The fourth-order valence-corrected chi connectivity index (χ4v) is 4.51. The minimum atomic E-state index is -0.572. The third-order valence-electron chi connectivity index (χ3n) is 6.11. The lowest BCUT2D eigenvalue weighted by molar-refractivity contribution is -0.152. The largest absolute Gasteiger partial charge is 0.456 e. The number of ether oxygens (including phenoxy) is 1. The minimum absolute atomic E-state index is 0.0216. The summed E-state index contributed by atoms with van der Waals surface area (Å²) >= 11 is 0. The Kier molecular flexibility index (Phi) is 7.31. The van der Waals surface area contributed by atoms with Crippen molar-refractivity contribution in [2.24, 2.45) is 0 Å². The summed E-state index contributed by atoms with van der Waals surface area (Å²) in [5.74, 6) is -0.731. The van der Waals surface area contributed by atoms with E-state index < -0.39 is 12.0 Å². The van der Waals surface area contributed by atoms with Crippen LogP contribution in [0.2, 0.25) is 0 Å². The smallest absolute Gasteiger partial charge is 0.329 e. The number of ketones is 1. The summed E-state index contributed by atoms with van der Waals surface area (Å²) in [7, 11) is 0. The third-order valence-corrected chi connectivity index (χ3v) is 6.11. The number of carbonyl (C=O) groups is 3. The molecule has 2 aromatic rings. The molecule has 1 aromatic carbocycles. The SMILES string of the molecule is CCCC(=O)N1CCCC1C(=O)OCC(=O)c1cc(C)n(C(C)c2ccccc2)c1C. The molecule has 3 rings (SSSR count). The van der Waals surface area contributed by atoms with Gasteiger partial charge in [-0.2, -0.15) is 0 Å². The molecule has 166 valence electrons. The molecule has 0 spiro atoms. The average molecular weight is 425 g/mol. The Labute approximate surface area is 184 Å². The number of hydrogen-bond acceptors (Lipinski definition) is 4. The van der Waals surface area contributed by atoms with E-state index in [0.717, 1.165) is 29.8 Å². The van der Waals surface area contributed by atoms with Gasteiger partial charge < -0.3 is 14.2 Å². The van der Waals surface area contributed by atoms with Crippen molar-refractivity contribution in [3.63, 3.8) is 0 Å². The first kappa shape index (κ1) is 22.8. The molecule has 1 fully saturated rings. The summed E-state index contributed by atoms with van der Waals surface area (Å²) in [5.41, 5.74) is 3.57. The van der Waals surface area contributed by atoms with Crippen molar-refractivity contribution in [3.8, 4) is 0 Å². The highest BCUT2D eigenvalue weighted by molar-refractivity contribution is 5.99. The molecule has 6 nitrogen and oxygen atoms in total. The fourth-order valence-electron chi connectivity index (χ4n) is 4.51. The zero-order valence-electron chi connectivity index (χ0n) is 18.9. The molecule has 2 atom stereocenters. The number of nitrogens with zero attached hydrogens (tertiary/aromatic N) is 2. The van der Waals surface area contributed by atoms with E-state index in [0.29, 0.717) is 24.9 Å². The lowest BCUT2D eigenvalue weighted by atomic mass is 10.1. The van der Waals surface area contributed by atoms with Crippen LogP contribution in [0.15, 0.2) is 36.4 Å². The van der Waals surface area contributed by atoms with E-state index >= 15 is 0 Å². The Morgan fingerprint density at radius 3 is 2.55 bits per heavy atom. The van der Waals surface area contributed by atoms with Crippen LogP contribution in [0, 0.1) is 13.8 Å². The van der Waals surface area contributed by atoms with E-state index in [9.17, 15) is 14.4 Å². The maximum atomic E-state index is 12.9. The summed E-state index contributed by atoms with van der Waals surface area (Å²) in [6.45, 7) is 8.20. The second kappa shape index (κ2) is 9.94. The van der Waals surface area contributed by atoms with Crippen molar-refractivity contribution in [2.45, 2.75) is 65.5 Å². The van der Waals surface area contributed by atoms with E-state index in [1.807, 2.05) is 45.0 Å². The quantitative estimate of drug-likeness (QED) is 0.470. The number of benzene rings is 1. The number of rotatable bonds is 8. The molecular formula is C25H32N2O4. The number of amides is 1. The van der Waals surface area contributed by atoms with Gasteiger partial charge in [-0.3, -0.25) is 9.59 Å². The van der Waals surface area contributed by atoms with Gasteiger partial charge in [-0.05, 0) is 51.7 Å². The summed E-state index contributed by atoms with van der Waals surface area (Å²) in [6.07, 6.45) is 2.54. The van der Waals surface area contributed by atoms with Gasteiger partial charge in [-0.1, -0.05) is 37.3 Å².